The van der Waals surface area contributed by atoms with Crippen LogP contribution >= 0.6 is 0 Å². The number of allylic oxidation sites excluding steroid dienone is 1. The first-order valence-corrected chi connectivity index (χ1v) is 4.84. The molecule has 0 heterocycles. The molecule has 0 saturated carbocycles. The lowest BCUT2D eigenvalue weighted by atomic mass is 10.6. The van der Waals surface area contributed by atoms with Crippen LogP contribution in [0.4, 0.5) is 0 Å². The maximum absolute atomic E-state index is 3.97. The van der Waals surface area contributed by atoms with Gasteiger partial charge in [0.2, 0.25) is 0 Å². The minimum absolute atomic E-state index is 0.981. The van der Waals surface area contributed by atoms with Crippen molar-refractivity contribution < 1.29 is 4.58 Å². The van der Waals surface area contributed by atoms with E-state index in [2.05, 4.69) is 11.6 Å². The second-order valence-electron chi connectivity index (χ2n) is 1.77. The van der Waals surface area contributed by atoms with Crippen LogP contribution in [0.15, 0.2) is 17.6 Å². The van der Waals surface area contributed by atoms with E-state index in [9.17, 15) is 0 Å². The minimum atomic E-state index is 0.981. The average molecular weight is 185 g/mol. The van der Waals surface area contributed by atoms with Crippen LogP contribution in [0, 0.1) is 0 Å². The average Bonchev–Trinajstić information content (AvgIpc) is 2.23. The Labute approximate surface area is 83.7 Å². The molecule has 0 N–H and O–H groups in total. The molecule has 78 valence electrons. The predicted octanol–water partition coefficient (Wildman–Crippen LogP) is 2.99. The molecule has 0 spiro atoms. The summed E-state index contributed by atoms with van der Waals surface area (Å²) in [6.45, 7) is 13.5. The summed E-state index contributed by atoms with van der Waals surface area (Å²) in [5, 5.41) is 0. The zero-order valence-electron chi connectivity index (χ0n) is 10.3. The lowest BCUT2D eigenvalue weighted by Crippen LogP contribution is -2.12. The molecule has 0 amide bonds. The van der Waals surface area contributed by atoms with Crippen LogP contribution in [0.25, 0.3) is 0 Å². The number of amidine groups is 1. The highest BCUT2D eigenvalue weighted by molar-refractivity contribution is 5.78. The molecule has 0 rings (SSSR count). The maximum Gasteiger partial charge on any atom is 0.288 e. The van der Waals surface area contributed by atoms with Gasteiger partial charge in [0.15, 0.2) is 0 Å². The first kappa shape index (κ1) is 18.0. The van der Waals surface area contributed by atoms with Crippen molar-refractivity contribution in [3.63, 3.8) is 0 Å². The Kier molecular flexibility index (Phi) is 23.9. The molecule has 2 heteroatoms. The van der Waals surface area contributed by atoms with Gasteiger partial charge in [0.1, 0.15) is 7.05 Å². The summed E-state index contributed by atoms with van der Waals surface area (Å²) in [6.07, 6.45) is 3.59. The third-order valence-corrected chi connectivity index (χ3v) is 1.16. The van der Waals surface area contributed by atoms with E-state index in [1.807, 2.05) is 52.5 Å². The van der Waals surface area contributed by atoms with Gasteiger partial charge in [-0.2, -0.15) is 0 Å². The lowest BCUT2D eigenvalue weighted by molar-refractivity contribution is -0.365. The van der Waals surface area contributed by atoms with Crippen molar-refractivity contribution in [1.29, 1.82) is 0 Å². The molecule has 0 bridgehead atoms. The zero-order chi connectivity index (χ0) is 11.3. The molecule has 13 heavy (non-hydrogen) atoms. The molecule has 0 radical (unpaired) electrons. The maximum atomic E-state index is 3.97. The number of hydrogen-bond donors (Lipinski definition) is 0. The Morgan fingerprint density at radius 2 is 1.62 bits per heavy atom. The van der Waals surface area contributed by atoms with Crippen molar-refractivity contribution in [2.75, 3.05) is 14.1 Å². The number of aliphatic imine (C=N–C) groups is 1. The molecular formula is C11H25N2+. The summed E-state index contributed by atoms with van der Waals surface area (Å²) in [5.41, 5.74) is 0. The van der Waals surface area contributed by atoms with Gasteiger partial charge in [-0.25, -0.2) is 4.58 Å². The standard InChI is InChI=1S/C7H13N2.2C2H6/c1-5-6-9(4)7(2)8-3;2*1-2/h5-6H,1H2,2-4H3;2*1-2H3/q+1;;. The van der Waals surface area contributed by atoms with E-state index in [4.69, 9.17) is 0 Å². The van der Waals surface area contributed by atoms with Gasteiger partial charge in [-0.1, -0.05) is 39.3 Å². The smallest absolute Gasteiger partial charge is 0.238 e. The summed E-state index contributed by atoms with van der Waals surface area (Å²) >= 11 is 0. The molecule has 0 aliphatic carbocycles. The molecule has 0 saturated heterocycles. The second kappa shape index (κ2) is 17.2. The van der Waals surface area contributed by atoms with Crippen molar-refractivity contribution in [2.24, 2.45) is 4.99 Å². The van der Waals surface area contributed by atoms with E-state index >= 15 is 0 Å². The highest BCUT2D eigenvalue weighted by Gasteiger charge is 1.95. The molecule has 2 nitrogen and oxygen atoms in total. The number of rotatable bonds is 1. The van der Waals surface area contributed by atoms with Crippen molar-refractivity contribution in [2.45, 2.75) is 34.6 Å². The Balaban J connectivity index is -0.000000218. The molecule has 0 aromatic carbocycles. The van der Waals surface area contributed by atoms with Crippen molar-refractivity contribution in [1.82, 2.24) is 0 Å². The molecular weight excluding hydrogens is 160 g/mol. The molecule has 0 aliphatic heterocycles. The van der Waals surface area contributed by atoms with Crippen LogP contribution < -0.4 is 0 Å². The third-order valence-electron chi connectivity index (χ3n) is 1.16. The molecule has 0 aromatic heterocycles. The molecule has 0 aliphatic rings. The van der Waals surface area contributed by atoms with Gasteiger partial charge in [-0.05, 0) is 6.08 Å². The number of nitrogens with zero attached hydrogens (tertiary/aromatic N) is 2. The van der Waals surface area contributed by atoms with Crippen LogP contribution in [-0.4, -0.2) is 30.7 Å². The van der Waals surface area contributed by atoms with E-state index < -0.39 is 0 Å². The second-order valence-corrected chi connectivity index (χ2v) is 1.77. The lowest BCUT2D eigenvalue weighted by Gasteiger charge is -1.89. The van der Waals surface area contributed by atoms with Gasteiger partial charge in [0.25, 0.3) is 5.84 Å². The fourth-order valence-corrected chi connectivity index (χ4v) is 0.424. The quantitative estimate of drug-likeness (QED) is 0.339. The predicted molar refractivity (Wildman–Crippen MR) is 64.2 cm³/mol. The van der Waals surface area contributed by atoms with Gasteiger partial charge in [0.05, 0.1) is 13.3 Å². The largest absolute Gasteiger partial charge is 0.288 e. The van der Waals surface area contributed by atoms with Crippen LogP contribution in [-0.2, 0) is 0 Å². The Hall–Kier alpha value is -0.920. The SMILES string of the molecule is C=CC=[N+](C)C(C)=NC.CC.CC. The minimum Gasteiger partial charge on any atom is -0.238 e. The third kappa shape index (κ3) is 14.0. The summed E-state index contributed by atoms with van der Waals surface area (Å²) in [5.74, 6) is 0.981. The van der Waals surface area contributed by atoms with Gasteiger partial charge >= 0.3 is 0 Å². The molecule has 0 aromatic rings. The summed E-state index contributed by atoms with van der Waals surface area (Å²) in [6, 6.07) is 0. The monoisotopic (exact) mass is 185 g/mol. The van der Waals surface area contributed by atoms with Crippen LogP contribution in [0.5, 0.6) is 0 Å². The van der Waals surface area contributed by atoms with Crippen molar-refractivity contribution in [3.05, 3.63) is 12.7 Å². The van der Waals surface area contributed by atoms with E-state index in [-0.39, 0.29) is 0 Å². The van der Waals surface area contributed by atoms with Crippen molar-refractivity contribution in [3.8, 4) is 0 Å². The Morgan fingerprint density at radius 1 is 1.23 bits per heavy atom. The molecule has 0 fully saturated rings. The first-order chi connectivity index (χ1) is 6.22. The van der Waals surface area contributed by atoms with Gasteiger partial charge < -0.3 is 0 Å². The van der Waals surface area contributed by atoms with Crippen LogP contribution in [0.3, 0.4) is 0 Å². The van der Waals surface area contributed by atoms with Gasteiger partial charge in [0, 0.05) is 6.92 Å². The highest BCUT2D eigenvalue weighted by Crippen LogP contribution is 1.73. The van der Waals surface area contributed by atoms with Crippen LogP contribution in [0.2, 0.25) is 0 Å². The molecule has 0 unspecified atom stereocenters. The summed E-state index contributed by atoms with van der Waals surface area (Å²) < 4.78 is 1.91. The first-order valence-electron chi connectivity index (χ1n) is 4.84. The zero-order valence-corrected chi connectivity index (χ0v) is 10.3. The van der Waals surface area contributed by atoms with E-state index in [0.717, 1.165) is 5.84 Å². The fourth-order valence-electron chi connectivity index (χ4n) is 0.424. The Morgan fingerprint density at radius 3 is 1.85 bits per heavy atom. The normalized spacial score (nSPS) is 10.4. The molecule has 0 atom stereocenters. The summed E-state index contributed by atoms with van der Waals surface area (Å²) in [7, 11) is 3.70. The van der Waals surface area contributed by atoms with Gasteiger partial charge in [-0.3, -0.25) is 0 Å². The van der Waals surface area contributed by atoms with Crippen molar-refractivity contribution >= 4 is 12.1 Å². The van der Waals surface area contributed by atoms with Crippen LogP contribution in [0.1, 0.15) is 34.6 Å². The van der Waals surface area contributed by atoms with E-state index in [0.29, 0.717) is 0 Å². The summed E-state index contributed by atoms with van der Waals surface area (Å²) in [4.78, 5) is 3.97. The fraction of sp³-hybridized carbons (Fsp3) is 0.636. The Bertz CT molecular complexity index is 155. The van der Waals surface area contributed by atoms with E-state index in [1.165, 1.54) is 0 Å². The van der Waals surface area contributed by atoms with Gasteiger partial charge in [-0.15, -0.1) is 0 Å². The topological polar surface area (TPSA) is 15.4 Å². The number of hydrogen-bond acceptors (Lipinski definition) is 1. The highest BCUT2D eigenvalue weighted by atomic mass is 15.0. The van der Waals surface area contributed by atoms with E-state index in [1.54, 1.807) is 13.1 Å².